The van der Waals surface area contributed by atoms with Gasteiger partial charge in [0.2, 0.25) is 11.8 Å². The summed E-state index contributed by atoms with van der Waals surface area (Å²) in [7, 11) is 0. The molecule has 1 aromatic carbocycles. The number of carbonyl (C=O) groups is 2. The van der Waals surface area contributed by atoms with Gasteiger partial charge < -0.3 is 9.73 Å². The quantitative estimate of drug-likeness (QED) is 0.281. The number of oxazole rings is 1. The molecule has 1 atom stereocenters. The van der Waals surface area contributed by atoms with Gasteiger partial charge in [0.25, 0.3) is 5.91 Å². The number of hydrogen-bond donors (Lipinski definition) is 3. The van der Waals surface area contributed by atoms with Crippen LogP contribution in [-0.4, -0.2) is 21.8 Å². The first-order chi connectivity index (χ1) is 11.5. The fraction of sp³-hybridized carbons (Fsp3) is 0.125. The number of carbonyl (C=O) groups excluding carboxylic acids is 2. The van der Waals surface area contributed by atoms with Gasteiger partial charge in [0.05, 0.1) is 0 Å². The molecule has 0 bridgehead atoms. The predicted molar refractivity (Wildman–Crippen MR) is 85.6 cm³/mol. The van der Waals surface area contributed by atoms with Crippen molar-refractivity contribution in [1.82, 2.24) is 15.4 Å². The maximum atomic E-state index is 12.3. The molecule has 0 fully saturated rings. The van der Waals surface area contributed by atoms with Crippen LogP contribution in [0.3, 0.4) is 0 Å². The summed E-state index contributed by atoms with van der Waals surface area (Å²) >= 11 is 0. The van der Waals surface area contributed by atoms with Crippen LogP contribution in [-0.2, 0) is 15.0 Å². The highest BCUT2D eigenvalue weighted by atomic mass is 16.3. The average molecular weight is 323 g/mol. The molecule has 1 aliphatic rings. The first kappa shape index (κ1) is 14.3. The van der Waals surface area contributed by atoms with Gasteiger partial charge in [-0.3, -0.25) is 20.0 Å². The number of pyridine rings is 1. The van der Waals surface area contributed by atoms with Gasteiger partial charge in [-0.25, -0.2) is 10.8 Å². The van der Waals surface area contributed by atoms with E-state index in [0.717, 1.165) is 5.56 Å². The fourth-order valence-electron chi connectivity index (χ4n) is 2.85. The monoisotopic (exact) mass is 323 g/mol. The molecule has 4 N–H and O–H groups in total. The standard InChI is InChI=1S/C16H13N5O3/c1-16(15(23)21-17)9-6-11-12(7-10(9)20-14(16)22)24-13(19-11)8-2-4-18-5-3-8/h2-7H,17H2,1H3,(H,20,22)(H,21,23). The lowest BCUT2D eigenvalue weighted by Gasteiger charge is -2.19. The molecule has 4 rings (SSSR count). The highest BCUT2D eigenvalue weighted by molar-refractivity contribution is 6.21. The van der Waals surface area contributed by atoms with E-state index >= 15 is 0 Å². The Morgan fingerprint density at radius 1 is 1.33 bits per heavy atom. The molecule has 1 aliphatic heterocycles. The SMILES string of the molecule is CC1(C(=O)NN)C(=O)Nc2cc3oc(-c4ccncc4)nc3cc21. The number of benzene rings is 1. The number of fused-ring (bicyclic) bond motifs is 2. The van der Waals surface area contributed by atoms with E-state index < -0.39 is 17.2 Å². The summed E-state index contributed by atoms with van der Waals surface area (Å²) in [5, 5.41) is 2.69. The third kappa shape index (κ3) is 1.83. The molecule has 0 saturated heterocycles. The number of nitrogens with one attached hydrogen (secondary N) is 2. The second-order valence-electron chi connectivity index (χ2n) is 5.67. The molecule has 3 heterocycles. The lowest BCUT2D eigenvalue weighted by molar-refractivity contribution is -0.133. The Balaban J connectivity index is 1.89. The Morgan fingerprint density at radius 2 is 2.08 bits per heavy atom. The second kappa shape index (κ2) is 4.87. The van der Waals surface area contributed by atoms with E-state index in [0.29, 0.717) is 28.2 Å². The van der Waals surface area contributed by atoms with E-state index in [4.69, 9.17) is 10.3 Å². The van der Waals surface area contributed by atoms with Gasteiger partial charge in [-0.15, -0.1) is 0 Å². The third-order valence-corrected chi connectivity index (χ3v) is 4.28. The lowest BCUT2D eigenvalue weighted by atomic mass is 9.83. The van der Waals surface area contributed by atoms with Crippen LogP contribution < -0.4 is 16.6 Å². The summed E-state index contributed by atoms with van der Waals surface area (Å²) in [5.41, 5.74) is 3.51. The van der Waals surface area contributed by atoms with Crippen molar-refractivity contribution in [1.29, 1.82) is 0 Å². The molecule has 2 aromatic heterocycles. The summed E-state index contributed by atoms with van der Waals surface area (Å²) in [6, 6.07) is 6.90. The molecule has 0 saturated carbocycles. The van der Waals surface area contributed by atoms with Crippen LogP contribution in [0, 0.1) is 0 Å². The van der Waals surface area contributed by atoms with Crippen LogP contribution in [0.5, 0.6) is 0 Å². The van der Waals surface area contributed by atoms with Crippen molar-refractivity contribution in [3.8, 4) is 11.5 Å². The van der Waals surface area contributed by atoms with E-state index in [1.807, 2.05) is 5.43 Å². The van der Waals surface area contributed by atoms with Crippen LogP contribution in [0.2, 0.25) is 0 Å². The van der Waals surface area contributed by atoms with Crippen molar-refractivity contribution >= 4 is 28.6 Å². The summed E-state index contributed by atoms with van der Waals surface area (Å²) in [5.74, 6) is 4.64. The topological polar surface area (TPSA) is 123 Å². The number of rotatable bonds is 2. The zero-order chi connectivity index (χ0) is 16.9. The van der Waals surface area contributed by atoms with E-state index in [1.165, 1.54) is 6.92 Å². The van der Waals surface area contributed by atoms with Crippen molar-refractivity contribution in [2.24, 2.45) is 5.84 Å². The van der Waals surface area contributed by atoms with Crippen molar-refractivity contribution in [2.75, 3.05) is 5.32 Å². The number of anilines is 1. The molecular formula is C16H13N5O3. The van der Waals surface area contributed by atoms with E-state index in [1.54, 1.807) is 36.7 Å². The van der Waals surface area contributed by atoms with E-state index in [9.17, 15) is 9.59 Å². The van der Waals surface area contributed by atoms with Gasteiger partial charge >= 0.3 is 0 Å². The van der Waals surface area contributed by atoms with Crippen LogP contribution in [0.1, 0.15) is 12.5 Å². The predicted octanol–water partition coefficient (Wildman–Crippen LogP) is 1.09. The maximum Gasteiger partial charge on any atom is 0.253 e. The Kier molecular flexibility index (Phi) is 2.91. The Bertz CT molecular complexity index is 982. The molecule has 24 heavy (non-hydrogen) atoms. The van der Waals surface area contributed by atoms with Gasteiger partial charge in [0, 0.05) is 35.3 Å². The summed E-state index contributed by atoms with van der Waals surface area (Å²) < 4.78 is 5.75. The van der Waals surface area contributed by atoms with Crippen LogP contribution in [0.15, 0.2) is 41.1 Å². The van der Waals surface area contributed by atoms with Gasteiger partial charge in [0.1, 0.15) is 5.52 Å². The number of nitrogens with zero attached hydrogens (tertiary/aromatic N) is 2. The van der Waals surface area contributed by atoms with Crippen LogP contribution in [0.4, 0.5) is 5.69 Å². The van der Waals surface area contributed by atoms with Gasteiger partial charge in [0.15, 0.2) is 11.0 Å². The number of nitrogens with two attached hydrogens (primary N) is 1. The highest BCUT2D eigenvalue weighted by Crippen LogP contribution is 2.40. The Labute approximate surface area is 136 Å². The molecule has 120 valence electrons. The molecule has 8 nitrogen and oxygen atoms in total. The molecule has 0 aliphatic carbocycles. The molecule has 0 spiro atoms. The third-order valence-electron chi connectivity index (χ3n) is 4.28. The molecule has 3 aromatic rings. The largest absolute Gasteiger partial charge is 0.436 e. The zero-order valence-electron chi connectivity index (χ0n) is 12.7. The Hall–Kier alpha value is -3.26. The highest BCUT2D eigenvalue weighted by Gasteiger charge is 2.49. The normalized spacial score (nSPS) is 19.2. The van der Waals surface area contributed by atoms with Crippen molar-refractivity contribution in [3.63, 3.8) is 0 Å². The molecule has 2 amide bonds. The lowest BCUT2D eigenvalue weighted by Crippen LogP contribution is -2.49. The first-order valence-corrected chi connectivity index (χ1v) is 7.22. The van der Waals surface area contributed by atoms with E-state index in [2.05, 4.69) is 15.3 Å². The number of hydrazine groups is 1. The summed E-state index contributed by atoms with van der Waals surface area (Å²) in [6.07, 6.45) is 3.29. The number of aromatic nitrogens is 2. The van der Waals surface area contributed by atoms with Crippen LogP contribution in [0.25, 0.3) is 22.6 Å². The maximum absolute atomic E-state index is 12.3. The molecular weight excluding hydrogens is 310 g/mol. The minimum absolute atomic E-state index is 0.437. The second-order valence-corrected chi connectivity index (χ2v) is 5.67. The van der Waals surface area contributed by atoms with Crippen LogP contribution >= 0.6 is 0 Å². The van der Waals surface area contributed by atoms with Gasteiger partial charge in [-0.2, -0.15) is 0 Å². The minimum Gasteiger partial charge on any atom is -0.436 e. The van der Waals surface area contributed by atoms with Gasteiger partial charge in [-0.1, -0.05) is 0 Å². The molecule has 1 unspecified atom stereocenters. The van der Waals surface area contributed by atoms with Crippen molar-refractivity contribution in [2.45, 2.75) is 12.3 Å². The smallest absolute Gasteiger partial charge is 0.253 e. The first-order valence-electron chi connectivity index (χ1n) is 7.22. The van der Waals surface area contributed by atoms with Crippen molar-refractivity contribution in [3.05, 3.63) is 42.2 Å². The minimum atomic E-state index is -1.41. The fourth-order valence-corrected chi connectivity index (χ4v) is 2.85. The summed E-state index contributed by atoms with van der Waals surface area (Å²) in [4.78, 5) is 32.8. The molecule has 8 heteroatoms. The van der Waals surface area contributed by atoms with Gasteiger partial charge in [-0.05, 0) is 25.1 Å². The van der Waals surface area contributed by atoms with Crippen molar-refractivity contribution < 1.29 is 14.0 Å². The number of hydrogen-bond acceptors (Lipinski definition) is 6. The average Bonchev–Trinajstić information content (AvgIpc) is 3.13. The summed E-state index contributed by atoms with van der Waals surface area (Å²) in [6.45, 7) is 1.52. The molecule has 0 radical (unpaired) electrons. The Morgan fingerprint density at radius 3 is 2.79 bits per heavy atom. The number of amides is 2. The zero-order valence-corrected chi connectivity index (χ0v) is 12.7. The van der Waals surface area contributed by atoms with E-state index in [-0.39, 0.29) is 0 Å².